The Labute approximate surface area is 87.2 Å². The lowest BCUT2D eigenvalue weighted by Crippen LogP contribution is -2.00. The van der Waals surface area contributed by atoms with Crippen molar-refractivity contribution in [2.45, 2.75) is 20.0 Å². The van der Waals surface area contributed by atoms with E-state index < -0.39 is 0 Å². The van der Waals surface area contributed by atoms with Crippen LogP contribution in [0.15, 0.2) is 23.0 Å². The molecule has 4 heteroatoms. The van der Waals surface area contributed by atoms with E-state index in [9.17, 15) is 0 Å². The Morgan fingerprint density at radius 2 is 2.43 bits per heavy atom. The molecule has 0 atom stereocenters. The molecule has 0 spiro atoms. The van der Waals surface area contributed by atoms with Crippen molar-refractivity contribution < 1.29 is 0 Å². The van der Waals surface area contributed by atoms with E-state index in [4.69, 9.17) is 5.73 Å². The van der Waals surface area contributed by atoms with E-state index in [1.165, 1.54) is 5.56 Å². The molecule has 0 aliphatic heterocycles. The Morgan fingerprint density at radius 1 is 1.57 bits per heavy atom. The molecule has 0 saturated carbocycles. The van der Waals surface area contributed by atoms with Crippen molar-refractivity contribution in [1.82, 2.24) is 9.78 Å². The lowest BCUT2D eigenvalue weighted by atomic mass is 10.1. The zero-order chi connectivity index (χ0) is 9.97. The van der Waals surface area contributed by atoms with Crippen molar-refractivity contribution in [2.24, 2.45) is 5.73 Å². The molecule has 3 nitrogen and oxygen atoms in total. The van der Waals surface area contributed by atoms with E-state index in [2.05, 4.69) is 35.0 Å². The van der Waals surface area contributed by atoms with Gasteiger partial charge in [-0.1, -0.05) is 0 Å². The second-order valence-electron chi connectivity index (χ2n) is 3.06. The van der Waals surface area contributed by atoms with Crippen molar-refractivity contribution in [3.05, 3.63) is 28.7 Å². The second-order valence-corrected chi connectivity index (χ2v) is 3.84. The molecule has 0 unspecified atom stereocenters. The van der Waals surface area contributed by atoms with E-state index in [-0.39, 0.29) is 0 Å². The molecule has 2 aromatic rings. The fourth-order valence-electron chi connectivity index (χ4n) is 1.43. The molecule has 0 aliphatic rings. The lowest BCUT2D eigenvalue weighted by Gasteiger charge is -1.94. The highest BCUT2D eigenvalue weighted by Crippen LogP contribution is 2.24. The van der Waals surface area contributed by atoms with E-state index in [1.807, 2.05) is 4.68 Å². The third kappa shape index (κ3) is 1.58. The van der Waals surface area contributed by atoms with Gasteiger partial charge < -0.3 is 5.73 Å². The zero-order valence-electron chi connectivity index (χ0n) is 8.10. The van der Waals surface area contributed by atoms with Gasteiger partial charge in [-0.25, -0.2) is 0 Å². The van der Waals surface area contributed by atoms with Crippen LogP contribution in [-0.4, -0.2) is 9.78 Å². The van der Waals surface area contributed by atoms with Gasteiger partial charge in [0.15, 0.2) is 0 Å². The Bertz CT molecular complexity index is 403. The molecule has 0 amide bonds. The molecule has 0 radical (unpaired) electrons. The molecular weight excluding hydrogens is 194 g/mol. The minimum absolute atomic E-state index is 0.498. The van der Waals surface area contributed by atoms with Crippen LogP contribution in [-0.2, 0) is 13.1 Å². The first kappa shape index (κ1) is 9.43. The maximum atomic E-state index is 5.65. The fourth-order valence-corrected chi connectivity index (χ4v) is 2.09. The number of aryl methyl sites for hydroxylation is 1. The van der Waals surface area contributed by atoms with Gasteiger partial charge in [0.25, 0.3) is 0 Å². The standard InChI is InChI=1S/C10H13N3S/c1-2-13-6-9(10(5-11)12-13)8-3-4-14-7-8/h3-4,6-7H,2,5,11H2,1H3. The van der Waals surface area contributed by atoms with Gasteiger partial charge in [0, 0.05) is 24.8 Å². The third-order valence-corrected chi connectivity index (χ3v) is 2.87. The van der Waals surface area contributed by atoms with Gasteiger partial charge in [-0.15, -0.1) is 0 Å². The number of nitrogens with two attached hydrogens (primary N) is 1. The molecule has 0 fully saturated rings. The van der Waals surface area contributed by atoms with Crippen LogP contribution in [0.4, 0.5) is 0 Å². The van der Waals surface area contributed by atoms with Crippen LogP contribution in [0.2, 0.25) is 0 Å². The normalized spacial score (nSPS) is 10.7. The molecule has 0 bridgehead atoms. The summed E-state index contributed by atoms with van der Waals surface area (Å²) in [5, 5.41) is 8.59. The highest BCUT2D eigenvalue weighted by Gasteiger charge is 2.08. The Morgan fingerprint density at radius 3 is 3.00 bits per heavy atom. The number of thiophene rings is 1. The number of nitrogens with zero attached hydrogens (tertiary/aromatic N) is 2. The first-order valence-electron chi connectivity index (χ1n) is 4.64. The maximum Gasteiger partial charge on any atom is 0.0838 e. The fraction of sp³-hybridized carbons (Fsp3) is 0.300. The van der Waals surface area contributed by atoms with Crippen molar-refractivity contribution in [3.8, 4) is 11.1 Å². The largest absolute Gasteiger partial charge is 0.325 e. The SMILES string of the molecule is CCn1cc(-c2ccsc2)c(CN)n1. The average Bonchev–Trinajstić information content (AvgIpc) is 2.85. The first-order valence-corrected chi connectivity index (χ1v) is 5.58. The van der Waals surface area contributed by atoms with Gasteiger partial charge in [-0.3, -0.25) is 4.68 Å². The van der Waals surface area contributed by atoms with Gasteiger partial charge in [-0.2, -0.15) is 16.4 Å². The summed E-state index contributed by atoms with van der Waals surface area (Å²) in [7, 11) is 0. The summed E-state index contributed by atoms with van der Waals surface area (Å²) in [5.74, 6) is 0. The summed E-state index contributed by atoms with van der Waals surface area (Å²) < 4.78 is 1.93. The van der Waals surface area contributed by atoms with Gasteiger partial charge >= 0.3 is 0 Å². The Hall–Kier alpha value is -1.13. The highest BCUT2D eigenvalue weighted by atomic mass is 32.1. The molecule has 0 aromatic carbocycles. The van der Waals surface area contributed by atoms with E-state index in [0.29, 0.717) is 6.54 Å². The number of rotatable bonds is 3. The minimum Gasteiger partial charge on any atom is -0.325 e. The number of hydrogen-bond acceptors (Lipinski definition) is 3. The second kappa shape index (κ2) is 3.94. The molecule has 2 N–H and O–H groups in total. The van der Waals surface area contributed by atoms with Gasteiger partial charge in [0.1, 0.15) is 0 Å². The van der Waals surface area contributed by atoms with Gasteiger partial charge in [0.2, 0.25) is 0 Å². The minimum atomic E-state index is 0.498. The van der Waals surface area contributed by atoms with Crippen LogP contribution >= 0.6 is 11.3 Å². The number of hydrogen-bond donors (Lipinski definition) is 1. The number of aromatic nitrogens is 2. The smallest absolute Gasteiger partial charge is 0.0838 e. The summed E-state index contributed by atoms with van der Waals surface area (Å²) in [4.78, 5) is 0. The monoisotopic (exact) mass is 207 g/mol. The molecule has 2 rings (SSSR count). The topological polar surface area (TPSA) is 43.8 Å². The molecule has 74 valence electrons. The van der Waals surface area contributed by atoms with Crippen molar-refractivity contribution in [1.29, 1.82) is 0 Å². The molecule has 0 aliphatic carbocycles. The summed E-state index contributed by atoms with van der Waals surface area (Å²) >= 11 is 1.69. The van der Waals surface area contributed by atoms with E-state index in [1.54, 1.807) is 11.3 Å². The van der Waals surface area contributed by atoms with Crippen LogP contribution in [0.1, 0.15) is 12.6 Å². The third-order valence-electron chi connectivity index (χ3n) is 2.19. The predicted octanol–water partition coefficient (Wildman–Crippen LogP) is 2.09. The molecular formula is C10H13N3S. The molecule has 2 heterocycles. The van der Waals surface area contributed by atoms with Crippen LogP contribution in [0.5, 0.6) is 0 Å². The van der Waals surface area contributed by atoms with Crippen molar-refractivity contribution >= 4 is 11.3 Å². The van der Waals surface area contributed by atoms with Crippen LogP contribution in [0.3, 0.4) is 0 Å². The maximum absolute atomic E-state index is 5.65. The zero-order valence-corrected chi connectivity index (χ0v) is 8.92. The molecule has 0 saturated heterocycles. The summed E-state index contributed by atoms with van der Waals surface area (Å²) in [6.07, 6.45) is 2.06. The quantitative estimate of drug-likeness (QED) is 0.837. The Kier molecular flexibility index (Phi) is 2.65. The summed E-state index contributed by atoms with van der Waals surface area (Å²) in [6, 6.07) is 2.10. The molecule has 14 heavy (non-hydrogen) atoms. The van der Waals surface area contributed by atoms with Crippen molar-refractivity contribution in [3.63, 3.8) is 0 Å². The predicted molar refractivity (Wildman–Crippen MR) is 59.1 cm³/mol. The molecule has 2 aromatic heterocycles. The van der Waals surface area contributed by atoms with E-state index in [0.717, 1.165) is 17.8 Å². The van der Waals surface area contributed by atoms with Crippen LogP contribution in [0, 0.1) is 0 Å². The van der Waals surface area contributed by atoms with E-state index >= 15 is 0 Å². The van der Waals surface area contributed by atoms with Crippen molar-refractivity contribution in [2.75, 3.05) is 0 Å². The highest BCUT2D eigenvalue weighted by molar-refractivity contribution is 7.08. The van der Waals surface area contributed by atoms with Crippen LogP contribution < -0.4 is 5.73 Å². The van der Waals surface area contributed by atoms with Gasteiger partial charge in [0.05, 0.1) is 5.69 Å². The van der Waals surface area contributed by atoms with Gasteiger partial charge in [-0.05, 0) is 29.3 Å². The first-order chi connectivity index (χ1) is 6.85. The Balaban J connectivity index is 2.46. The summed E-state index contributed by atoms with van der Waals surface area (Å²) in [6.45, 7) is 3.46. The average molecular weight is 207 g/mol. The summed E-state index contributed by atoms with van der Waals surface area (Å²) in [5.41, 5.74) is 9.01. The van der Waals surface area contributed by atoms with Crippen LogP contribution in [0.25, 0.3) is 11.1 Å². The lowest BCUT2D eigenvalue weighted by molar-refractivity contribution is 0.647.